The lowest BCUT2D eigenvalue weighted by molar-refractivity contribution is 0.0691. The average molecular weight is 365 g/mol. The van der Waals surface area contributed by atoms with Crippen LogP contribution >= 0.6 is 15.9 Å². The molecule has 0 aliphatic carbocycles. The van der Waals surface area contributed by atoms with Crippen molar-refractivity contribution in [3.63, 3.8) is 0 Å². The number of hydrogen-bond donors (Lipinski definition) is 1. The van der Waals surface area contributed by atoms with E-state index in [9.17, 15) is 9.90 Å². The zero-order valence-corrected chi connectivity index (χ0v) is 13.8. The van der Waals surface area contributed by atoms with Gasteiger partial charge in [-0.05, 0) is 30.5 Å². The van der Waals surface area contributed by atoms with Crippen molar-refractivity contribution in [1.82, 2.24) is 0 Å². The normalized spacial score (nSPS) is 10.3. The summed E-state index contributed by atoms with van der Waals surface area (Å²) in [5.41, 5.74) is 1.32. The Hall–Kier alpha value is -2.01. The molecule has 0 spiro atoms. The SMILES string of the molecule is COc1cc(Br)cc(C(=O)O)c1OCCCc1ccccc1. The third kappa shape index (κ3) is 4.24. The molecule has 116 valence electrons. The standard InChI is InChI=1S/C17H17BrO4/c1-21-15-11-13(18)10-14(17(19)20)16(15)22-9-5-8-12-6-3-2-4-7-12/h2-4,6-7,10-11H,5,8-9H2,1H3,(H,19,20). The quantitative estimate of drug-likeness (QED) is 0.749. The summed E-state index contributed by atoms with van der Waals surface area (Å²) in [5, 5.41) is 9.29. The van der Waals surface area contributed by atoms with Crippen molar-refractivity contribution in [3.05, 3.63) is 58.1 Å². The fourth-order valence-corrected chi connectivity index (χ4v) is 2.56. The summed E-state index contributed by atoms with van der Waals surface area (Å²) in [7, 11) is 1.49. The van der Waals surface area contributed by atoms with Gasteiger partial charge in [0.25, 0.3) is 0 Å². The van der Waals surface area contributed by atoms with Crippen LogP contribution in [-0.4, -0.2) is 24.8 Å². The second-order valence-corrected chi connectivity index (χ2v) is 5.64. The zero-order chi connectivity index (χ0) is 15.9. The van der Waals surface area contributed by atoms with E-state index in [0.717, 1.165) is 12.8 Å². The van der Waals surface area contributed by atoms with Crippen LogP contribution in [-0.2, 0) is 6.42 Å². The molecule has 0 fully saturated rings. The first-order chi connectivity index (χ1) is 10.6. The number of aryl methyl sites for hydroxylation is 1. The molecule has 1 N–H and O–H groups in total. The molecule has 4 nitrogen and oxygen atoms in total. The first kappa shape index (κ1) is 16.4. The molecule has 5 heteroatoms. The molecule has 0 atom stereocenters. The lowest BCUT2D eigenvalue weighted by atomic mass is 10.1. The molecule has 2 rings (SSSR count). The van der Waals surface area contributed by atoms with Gasteiger partial charge < -0.3 is 14.6 Å². The monoisotopic (exact) mass is 364 g/mol. The summed E-state index contributed by atoms with van der Waals surface area (Å²) in [4.78, 5) is 11.3. The topological polar surface area (TPSA) is 55.8 Å². The van der Waals surface area contributed by atoms with Gasteiger partial charge in [0, 0.05) is 4.47 Å². The number of methoxy groups -OCH3 is 1. The van der Waals surface area contributed by atoms with E-state index in [-0.39, 0.29) is 11.3 Å². The van der Waals surface area contributed by atoms with Crippen LogP contribution in [0.2, 0.25) is 0 Å². The molecule has 0 aliphatic rings. The van der Waals surface area contributed by atoms with Gasteiger partial charge in [-0.15, -0.1) is 0 Å². The van der Waals surface area contributed by atoms with Crippen molar-refractivity contribution in [3.8, 4) is 11.5 Å². The number of halogens is 1. The Morgan fingerprint density at radius 1 is 1.23 bits per heavy atom. The van der Waals surface area contributed by atoms with Crippen LogP contribution in [0, 0.1) is 0 Å². The highest BCUT2D eigenvalue weighted by Gasteiger charge is 2.18. The maximum Gasteiger partial charge on any atom is 0.339 e. The van der Waals surface area contributed by atoms with Gasteiger partial charge in [-0.25, -0.2) is 4.79 Å². The number of carboxylic acids is 1. The lowest BCUT2D eigenvalue weighted by Crippen LogP contribution is -2.07. The van der Waals surface area contributed by atoms with Crippen molar-refractivity contribution in [1.29, 1.82) is 0 Å². The predicted octanol–water partition coefficient (Wildman–Crippen LogP) is 4.17. The van der Waals surface area contributed by atoms with Crippen LogP contribution in [0.25, 0.3) is 0 Å². The molecule has 0 aromatic heterocycles. The Kier molecular flexibility index (Phi) is 5.83. The van der Waals surface area contributed by atoms with E-state index in [2.05, 4.69) is 28.1 Å². The lowest BCUT2D eigenvalue weighted by Gasteiger charge is -2.14. The molecule has 0 saturated heterocycles. The highest BCUT2D eigenvalue weighted by Crippen LogP contribution is 2.35. The van der Waals surface area contributed by atoms with Crippen molar-refractivity contribution >= 4 is 21.9 Å². The molecule has 2 aromatic carbocycles. The van der Waals surface area contributed by atoms with E-state index >= 15 is 0 Å². The second kappa shape index (κ2) is 7.84. The molecule has 22 heavy (non-hydrogen) atoms. The number of carboxylic acid groups (broad SMARTS) is 1. The molecule has 0 saturated carbocycles. The van der Waals surface area contributed by atoms with Gasteiger partial charge in [-0.1, -0.05) is 46.3 Å². The number of rotatable bonds is 7. The Morgan fingerprint density at radius 2 is 1.95 bits per heavy atom. The van der Waals surface area contributed by atoms with Crippen LogP contribution in [0.15, 0.2) is 46.9 Å². The smallest absolute Gasteiger partial charge is 0.339 e. The van der Waals surface area contributed by atoms with Crippen LogP contribution in [0.4, 0.5) is 0 Å². The highest BCUT2D eigenvalue weighted by atomic mass is 79.9. The van der Waals surface area contributed by atoms with Gasteiger partial charge in [0.2, 0.25) is 0 Å². The van der Waals surface area contributed by atoms with Crippen LogP contribution in [0.3, 0.4) is 0 Å². The molecule has 0 radical (unpaired) electrons. The molecular formula is C17H17BrO4. The number of carbonyl (C=O) groups is 1. The highest BCUT2D eigenvalue weighted by molar-refractivity contribution is 9.10. The third-order valence-electron chi connectivity index (χ3n) is 3.17. The molecular weight excluding hydrogens is 348 g/mol. The zero-order valence-electron chi connectivity index (χ0n) is 12.2. The van der Waals surface area contributed by atoms with E-state index in [4.69, 9.17) is 9.47 Å². The average Bonchev–Trinajstić information content (AvgIpc) is 2.52. The largest absolute Gasteiger partial charge is 0.493 e. The molecule has 0 heterocycles. The maximum absolute atomic E-state index is 11.3. The summed E-state index contributed by atoms with van der Waals surface area (Å²) < 4.78 is 11.5. The van der Waals surface area contributed by atoms with E-state index in [1.54, 1.807) is 6.07 Å². The van der Waals surface area contributed by atoms with Gasteiger partial charge in [-0.3, -0.25) is 0 Å². The van der Waals surface area contributed by atoms with Gasteiger partial charge in [0.1, 0.15) is 5.56 Å². The number of ether oxygens (including phenoxy) is 2. The van der Waals surface area contributed by atoms with Gasteiger partial charge in [0.15, 0.2) is 11.5 Å². The van der Waals surface area contributed by atoms with Gasteiger partial charge in [-0.2, -0.15) is 0 Å². The van der Waals surface area contributed by atoms with E-state index < -0.39 is 5.97 Å². The Labute approximate surface area is 137 Å². The first-order valence-corrected chi connectivity index (χ1v) is 7.68. The molecule has 0 amide bonds. The minimum atomic E-state index is -1.04. The second-order valence-electron chi connectivity index (χ2n) is 4.73. The minimum Gasteiger partial charge on any atom is -0.493 e. The third-order valence-corrected chi connectivity index (χ3v) is 3.63. The van der Waals surface area contributed by atoms with E-state index in [1.165, 1.54) is 18.7 Å². The van der Waals surface area contributed by atoms with Gasteiger partial charge >= 0.3 is 5.97 Å². The van der Waals surface area contributed by atoms with E-state index in [0.29, 0.717) is 16.8 Å². The van der Waals surface area contributed by atoms with E-state index in [1.807, 2.05) is 18.2 Å². The fourth-order valence-electron chi connectivity index (χ4n) is 2.12. The number of hydrogen-bond acceptors (Lipinski definition) is 3. The fraction of sp³-hybridized carbons (Fsp3) is 0.235. The number of aromatic carboxylic acids is 1. The summed E-state index contributed by atoms with van der Waals surface area (Å²) in [6.07, 6.45) is 1.67. The van der Waals surface area contributed by atoms with Crippen LogP contribution in [0.1, 0.15) is 22.3 Å². The molecule has 2 aromatic rings. The summed E-state index contributed by atoms with van der Waals surface area (Å²) in [6, 6.07) is 13.3. The first-order valence-electron chi connectivity index (χ1n) is 6.89. The molecule has 0 unspecified atom stereocenters. The van der Waals surface area contributed by atoms with Crippen molar-refractivity contribution in [2.45, 2.75) is 12.8 Å². The van der Waals surface area contributed by atoms with Crippen LogP contribution in [0.5, 0.6) is 11.5 Å². The minimum absolute atomic E-state index is 0.0888. The molecule has 0 aliphatic heterocycles. The number of benzene rings is 2. The maximum atomic E-state index is 11.3. The van der Waals surface area contributed by atoms with Gasteiger partial charge in [0.05, 0.1) is 13.7 Å². The summed E-state index contributed by atoms with van der Waals surface area (Å²) >= 11 is 3.27. The molecule has 0 bridgehead atoms. The Morgan fingerprint density at radius 3 is 2.59 bits per heavy atom. The van der Waals surface area contributed by atoms with Crippen molar-refractivity contribution < 1.29 is 19.4 Å². The summed E-state index contributed by atoms with van der Waals surface area (Å²) in [6.45, 7) is 0.424. The van der Waals surface area contributed by atoms with Crippen molar-refractivity contribution in [2.24, 2.45) is 0 Å². The van der Waals surface area contributed by atoms with Crippen molar-refractivity contribution in [2.75, 3.05) is 13.7 Å². The van der Waals surface area contributed by atoms with Crippen LogP contribution < -0.4 is 9.47 Å². The predicted molar refractivity (Wildman–Crippen MR) is 87.9 cm³/mol. The Balaban J connectivity index is 2.04. The Bertz CT molecular complexity index is 641. The summed E-state index contributed by atoms with van der Waals surface area (Å²) in [5.74, 6) is -0.365.